The van der Waals surface area contributed by atoms with Crippen LogP contribution in [-0.4, -0.2) is 23.1 Å². The van der Waals surface area contributed by atoms with E-state index in [1.165, 1.54) is 44.5 Å². The van der Waals surface area contributed by atoms with E-state index in [0.29, 0.717) is 5.92 Å². The Bertz CT molecular complexity index is 354. The van der Waals surface area contributed by atoms with Crippen molar-refractivity contribution in [2.24, 2.45) is 5.92 Å². The first-order chi connectivity index (χ1) is 7.92. The first-order valence-electron chi connectivity index (χ1n) is 6.44. The van der Waals surface area contributed by atoms with Crippen LogP contribution >= 0.6 is 0 Å². The molecule has 1 saturated carbocycles. The fourth-order valence-electron chi connectivity index (χ4n) is 2.40. The molecule has 1 N–H and O–H groups in total. The molecule has 3 nitrogen and oxygen atoms in total. The minimum absolute atomic E-state index is 0.674. The minimum Gasteiger partial charge on any atom is -0.316 e. The van der Waals surface area contributed by atoms with Crippen molar-refractivity contribution in [3.05, 3.63) is 23.8 Å². The zero-order valence-corrected chi connectivity index (χ0v) is 9.65. The van der Waals surface area contributed by atoms with Crippen LogP contribution in [0.4, 0.5) is 0 Å². The third-order valence-electron chi connectivity index (χ3n) is 3.65. The normalized spacial score (nSPS) is 24.9. The Morgan fingerprint density at radius 2 is 2.25 bits per heavy atom. The second-order valence-electron chi connectivity index (χ2n) is 5.08. The molecule has 1 aliphatic carbocycles. The lowest BCUT2D eigenvalue weighted by molar-refractivity contribution is 0.528. The molecule has 16 heavy (non-hydrogen) atoms. The van der Waals surface area contributed by atoms with Crippen molar-refractivity contribution in [2.75, 3.05) is 13.1 Å². The number of rotatable bonds is 4. The number of aryl methyl sites for hydroxylation is 1. The van der Waals surface area contributed by atoms with Crippen LogP contribution in [0.1, 0.15) is 43.1 Å². The summed E-state index contributed by atoms with van der Waals surface area (Å²) in [6.07, 6.45) is 8.23. The Hall–Kier alpha value is -0.960. The zero-order chi connectivity index (χ0) is 10.8. The summed E-state index contributed by atoms with van der Waals surface area (Å²) in [4.78, 5) is 9.02. The molecule has 1 aromatic heterocycles. The Labute approximate surface area is 96.7 Å². The maximum Gasteiger partial charge on any atom is 0.131 e. The number of aromatic nitrogens is 2. The van der Waals surface area contributed by atoms with Gasteiger partial charge in [0.25, 0.3) is 0 Å². The highest BCUT2D eigenvalue weighted by molar-refractivity contribution is 5.10. The van der Waals surface area contributed by atoms with Gasteiger partial charge in [0.1, 0.15) is 5.82 Å². The Morgan fingerprint density at radius 1 is 1.31 bits per heavy atom. The fourth-order valence-corrected chi connectivity index (χ4v) is 2.40. The summed E-state index contributed by atoms with van der Waals surface area (Å²) in [5, 5.41) is 3.42. The van der Waals surface area contributed by atoms with Gasteiger partial charge in [0.2, 0.25) is 0 Å². The summed E-state index contributed by atoms with van der Waals surface area (Å²) in [6, 6.07) is 2.08. The highest BCUT2D eigenvalue weighted by Crippen LogP contribution is 2.37. The van der Waals surface area contributed by atoms with Gasteiger partial charge >= 0.3 is 0 Å². The molecule has 2 heterocycles. The molecule has 1 saturated heterocycles. The van der Waals surface area contributed by atoms with Gasteiger partial charge in [-0.25, -0.2) is 9.97 Å². The van der Waals surface area contributed by atoms with Crippen LogP contribution in [0.15, 0.2) is 12.3 Å². The molecule has 86 valence electrons. The van der Waals surface area contributed by atoms with Gasteiger partial charge in [-0.15, -0.1) is 0 Å². The Kier molecular flexibility index (Phi) is 2.87. The van der Waals surface area contributed by atoms with Crippen LogP contribution in [-0.2, 0) is 6.42 Å². The predicted octanol–water partition coefficient (Wildman–Crippen LogP) is 1.90. The highest BCUT2D eigenvalue weighted by Gasteiger charge is 2.26. The molecule has 0 spiro atoms. The molecule has 1 unspecified atom stereocenters. The van der Waals surface area contributed by atoms with E-state index < -0.39 is 0 Å². The van der Waals surface area contributed by atoms with E-state index in [2.05, 4.69) is 21.4 Å². The van der Waals surface area contributed by atoms with Crippen molar-refractivity contribution in [1.82, 2.24) is 15.3 Å². The molecular weight excluding hydrogens is 198 g/mol. The number of hydrogen-bond acceptors (Lipinski definition) is 3. The van der Waals surface area contributed by atoms with E-state index in [0.717, 1.165) is 18.2 Å². The SMILES string of the molecule is c1cc(CCC2CCNC2)nc(C2CC2)n1. The van der Waals surface area contributed by atoms with Crippen molar-refractivity contribution in [3.63, 3.8) is 0 Å². The van der Waals surface area contributed by atoms with E-state index in [1.54, 1.807) is 0 Å². The van der Waals surface area contributed by atoms with Crippen LogP contribution in [0.5, 0.6) is 0 Å². The van der Waals surface area contributed by atoms with Crippen LogP contribution in [0.3, 0.4) is 0 Å². The monoisotopic (exact) mass is 217 g/mol. The molecule has 0 bridgehead atoms. The van der Waals surface area contributed by atoms with Crippen molar-refractivity contribution in [3.8, 4) is 0 Å². The van der Waals surface area contributed by atoms with Gasteiger partial charge in [0.05, 0.1) is 0 Å². The Balaban J connectivity index is 1.58. The molecular formula is C13H19N3. The van der Waals surface area contributed by atoms with Crippen molar-refractivity contribution in [1.29, 1.82) is 0 Å². The van der Waals surface area contributed by atoms with Crippen LogP contribution < -0.4 is 5.32 Å². The second kappa shape index (κ2) is 4.50. The van der Waals surface area contributed by atoms with Crippen LogP contribution in [0.2, 0.25) is 0 Å². The quantitative estimate of drug-likeness (QED) is 0.837. The summed E-state index contributed by atoms with van der Waals surface area (Å²) in [7, 11) is 0. The number of nitrogens with one attached hydrogen (secondary N) is 1. The third-order valence-corrected chi connectivity index (χ3v) is 3.65. The topological polar surface area (TPSA) is 37.8 Å². The molecule has 3 heteroatoms. The fraction of sp³-hybridized carbons (Fsp3) is 0.692. The summed E-state index contributed by atoms with van der Waals surface area (Å²) >= 11 is 0. The van der Waals surface area contributed by atoms with Gasteiger partial charge < -0.3 is 5.32 Å². The molecule has 0 amide bonds. The smallest absolute Gasteiger partial charge is 0.131 e. The highest BCUT2D eigenvalue weighted by atomic mass is 14.9. The maximum atomic E-state index is 4.66. The molecule has 2 aliphatic rings. The van der Waals surface area contributed by atoms with Crippen LogP contribution in [0.25, 0.3) is 0 Å². The van der Waals surface area contributed by atoms with Gasteiger partial charge in [0.15, 0.2) is 0 Å². The lowest BCUT2D eigenvalue weighted by Gasteiger charge is -2.07. The summed E-state index contributed by atoms with van der Waals surface area (Å²) in [6.45, 7) is 2.39. The van der Waals surface area contributed by atoms with Gasteiger partial charge in [-0.05, 0) is 57.2 Å². The van der Waals surface area contributed by atoms with Crippen molar-refractivity contribution >= 4 is 0 Å². The number of nitrogens with zero attached hydrogens (tertiary/aromatic N) is 2. The van der Waals surface area contributed by atoms with Crippen molar-refractivity contribution in [2.45, 2.75) is 38.0 Å². The largest absolute Gasteiger partial charge is 0.316 e. The standard InChI is InChI=1S/C13H19N3/c1(10-5-7-14-9-10)4-12-6-8-15-13(16-12)11-2-3-11/h6,8,10-11,14H,1-5,7,9H2. The molecule has 3 rings (SSSR count). The second-order valence-corrected chi connectivity index (χ2v) is 5.08. The first-order valence-corrected chi connectivity index (χ1v) is 6.44. The summed E-state index contributed by atoms with van der Waals surface area (Å²) in [5.74, 6) is 2.62. The lowest BCUT2D eigenvalue weighted by Crippen LogP contribution is -2.10. The zero-order valence-electron chi connectivity index (χ0n) is 9.65. The van der Waals surface area contributed by atoms with E-state index >= 15 is 0 Å². The minimum atomic E-state index is 0.674. The van der Waals surface area contributed by atoms with E-state index in [9.17, 15) is 0 Å². The predicted molar refractivity (Wildman–Crippen MR) is 63.3 cm³/mol. The van der Waals surface area contributed by atoms with Gasteiger partial charge in [-0.3, -0.25) is 0 Å². The molecule has 1 aromatic rings. The molecule has 0 radical (unpaired) electrons. The van der Waals surface area contributed by atoms with Gasteiger partial charge in [-0.2, -0.15) is 0 Å². The third kappa shape index (κ3) is 2.40. The molecule has 1 atom stereocenters. The average molecular weight is 217 g/mol. The Morgan fingerprint density at radius 3 is 3.00 bits per heavy atom. The average Bonchev–Trinajstić information content (AvgIpc) is 3.05. The summed E-state index contributed by atoms with van der Waals surface area (Å²) < 4.78 is 0. The summed E-state index contributed by atoms with van der Waals surface area (Å²) in [5.41, 5.74) is 1.24. The van der Waals surface area contributed by atoms with E-state index in [4.69, 9.17) is 0 Å². The maximum absolute atomic E-state index is 4.66. The molecule has 2 fully saturated rings. The number of hydrogen-bond donors (Lipinski definition) is 1. The van der Waals surface area contributed by atoms with Crippen LogP contribution in [0, 0.1) is 5.92 Å². The molecule has 1 aliphatic heterocycles. The first kappa shape index (κ1) is 10.2. The van der Waals surface area contributed by atoms with E-state index in [1.807, 2.05) is 6.20 Å². The lowest BCUT2D eigenvalue weighted by atomic mass is 10.0. The molecule has 0 aromatic carbocycles. The van der Waals surface area contributed by atoms with E-state index in [-0.39, 0.29) is 0 Å². The van der Waals surface area contributed by atoms with Gasteiger partial charge in [-0.1, -0.05) is 0 Å². The van der Waals surface area contributed by atoms with Gasteiger partial charge in [0, 0.05) is 17.8 Å². The van der Waals surface area contributed by atoms with Crippen molar-refractivity contribution < 1.29 is 0 Å².